The highest BCUT2D eigenvalue weighted by Crippen LogP contribution is 2.23. The third kappa shape index (κ3) is 4.02. The average molecular weight is 345 g/mol. The number of rotatable bonds is 5. The molecule has 24 heavy (non-hydrogen) atoms. The number of carbonyl (C=O) groups excluding carboxylic acids is 3. The lowest BCUT2D eigenvalue weighted by molar-refractivity contribution is -0.274. The van der Waals surface area contributed by atoms with Gasteiger partial charge < -0.3 is 4.74 Å². The van der Waals surface area contributed by atoms with Gasteiger partial charge in [0.15, 0.2) is 0 Å². The Morgan fingerprint density at radius 2 is 1.67 bits per heavy atom. The van der Waals surface area contributed by atoms with Crippen LogP contribution < -0.4 is 4.74 Å². The molecule has 7 nitrogen and oxygen atoms in total. The highest BCUT2D eigenvalue weighted by atomic mass is 19.4. The van der Waals surface area contributed by atoms with Gasteiger partial charge >= 0.3 is 24.2 Å². The average Bonchev–Trinajstić information content (AvgIpc) is 2.66. The highest BCUT2D eigenvalue weighted by molar-refractivity contribution is 6.44. The summed E-state index contributed by atoms with van der Waals surface area (Å²) in [7, 11) is 2.81. The van der Waals surface area contributed by atoms with Crippen LogP contribution in [-0.4, -0.2) is 59.7 Å². The van der Waals surface area contributed by atoms with Crippen LogP contribution in [0.4, 0.5) is 18.0 Å². The number of alkyl halides is 3. The summed E-state index contributed by atoms with van der Waals surface area (Å²) in [6.45, 7) is 0.135. The molecule has 0 spiro atoms. The number of carbonyl (C=O) groups is 3. The standard InChI is InChI=1S/C14H14F3N3O4/c1-18(8-20-12(22)11(21)19(2)13(20)23)7-9-3-5-10(6-4-9)24-14(15,16)17/h3-6H,7-8H2,1-2H3. The first kappa shape index (κ1) is 17.7. The van der Waals surface area contributed by atoms with Crippen molar-refractivity contribution in [2.75, 3.05) is 20.8 Å². The van der Waals surface area contributed by atoms with Crippen LogP contribution in [0.5, 0.6) is 5.75 Å². The Morgan fingerprint density at radius 1 is 1.08 bits per heavy atom. The quantitative estimate of drug-likeness (QED) is 0.596. The molecule has 0 aromatic heterocycles. The lowest BCUT2D eigenvalue weighted by Crippen LogP contribution is -2.40. The number of nitrogens with zero attached hydrogens (tertiary/aromatic N) is 3. The summed E-state index contributed by atoms with van der Waals surface area (Å²) in [6.07, 6.45) is -4.76. The molecule has 0 saturated carbocycles. The van der Waals surface area contributed by atoms with Crippen molar-refractivity contribution in [2.45, 2.75) is 12.9 Å². The van der Waals surface area contributed by atoms with Gasteiger partial charge in [-0.2, -0.15) is 0 Å². The number of hydrogen-bond acceptors (Lipinski definition) is 5. The molecule has 0 aliphatic carbocycles. The molecule has 1 aromatic rings. The number of likely N-dealkylation sites (N-methyl/N-ethyl adjacent to an activating group) is 1. The molecule has 1 fully saturated rings. The van der Waals surface area contributed by atoms with E-state index >= 15 is 0 Å². The van der Waals surface area contributed by atoms with E-state index < -0.39 is 24.2 Å². The third-order valence-electron chi connectivity index (χ3n) is 3.24. The van der Waals surface area contributed by atoms with E-state index in [4.69, 9.17) is 0 Å². The Morgan fingerprint density at radius 3 is 2.12 bits per heavy atom. The molecule has 1 aromatic carbocycles. The van der Waals surface area contributed by atoms with Gasteiger partial charge in [-0.1, -0.05) is 12.1 Å². The normalized spacial score (nSPS) is 15.7. The van der Waals surface area contributed by atoms with Gasteiger partial charge in [-0.15, -0.1) is 13.2 Å². The van der Waals surface area contributed by atoms with E-state index in [1.165, 1.54) is 31.3 Å². The zero-order valence-electron chi connectivity index (χ0n) is 12.8. The maximum Gasteiger partial charge on any atom is 0.573 e. The first-order valence-electron chi connectivity index (χ1n) is 6.75. The van der Waals surface area contributed by atoms with Crippen LogP contribution in [0.2, 0.25) is 0 Å². The van der Waals surface area contributed by atoms with Gasteiger partial charge in [-0.25, -0.2) is 9.69 Å². The van der Waals surface area contributed by atoms with Crippen LogP contribution in [0.25, 0.3) is 0 Å². The molecule has 0 radical (unpaired) electrons. The zero-order valence-corrected chi connectivity index (χ0v) is 12.8. The van der Waals surface area contributed by atoms with Crippen molar-refractivity contribution in [3.05, 3.63) is 29.8 Å². The lowest BCUT2D eigenvalue weighted by atomic mass is 10.2. The van der Waals surface area contributed by atoms with Crippen molar-refractivity contribution in [1.82, 2.24) is 14.7 Å². The van der Waals surface area contributed by atoms with Crippen molar-refractivity contribution < 1.29 is 32.3 Å². The second kappa shape index (κ2) is 6.48. The Kier molecular flexibility index (Phi) is 4.78. The highest BCUT2D eigenvalue weighted by Gasteiger charge is 2.42. The van der Waals surface area contributed by atoms with Gasteiger partial charge in [0.25, 0.3) is 0 Å². The first-order chi connectivity index (χ1) is 11.1. The molecule has 0 unspecified atom stereocenters. The maximum absolute atomic E-state index is 12.1. The molecule has 0 atom stereocenters. The van der Waals surface area contributed by atoms with Gasteiger partial charge in [0.1, 0.15) is 5.75 Å². The molecular weight excluding hydrogens is 331 g/mol. The molecule has 1 saturated heterocycles. The monoisotopic (exact) mass is 345 g/mol. The first-order valence-corrected chi connectivity index (χ1v) is 6.75. The Bertz CT molecular complexity index is 660. The number of halogens is 3. The van der Waals surface area contributed by atoms with E-state index in [0.717, 1.165) is 9.80 Å². The van der Waals surface area contributed by atoms with E-state index in [0.29, 0.717) is 5.56 Å². The van der Waals surface area contributed by atoms with E-state index in [1.807, 2.05) is 0 Å². The second-order valence-corrected chi connectivity index (χ2v) is 5.23. The van der Waals surface area contributed by atoms with Crippen LogP contribution in [0.3, 0.4) is 0 Å². The predicted molar refractivity (Wildman–Crippen MR) is 74.5 cm³/mol. The Balaban J connectivity index is 1.95. The summed E-state index contributed by atoms with van der Waals surface area (Å²) >= 11 is 0. The predicted octanol–water partition coefficient (Wildman–Crippen LogP) is 1.40. The fourth-order valence-electron chi connectivity index (χ4n) is 2.14. The minimum Gasteiger partial charge on any atom is -0.406 e. The fraction of sp³-hybridized carbons (Fsp3) is 0.357. The van der Waals surface area contributed by atoms with Crippen molar-refractivity contribution in [1.29, 1.82) is 0 Å². The second-order valence-electron chi connectivity index (χ2n) is 5.23. The van der Waals surface area contributed by atoms with Crippen LogP contribution in [0, 0.1) is 0 Å². The maximum atomic E-state index is 12.1. The Hall–Kier alpha value is -2.62. The summed E-state index contributed by atoms with van der Waals surface area (Å²) in [5.74, 6) is -2.16. The molecule has 1 heterocycles. The number of benzene rings is 1. The number of urea groups is 1. The van der Waals surface area contributed by atoms with Crippen LogP contribution in [0.15, 0.2) is 24.3 Å². The van der Waals surface area contributed by atoms with Crippen molar-refractivity contribution in [3.8, 4) is 5.75 Å². The SMILES string of the molecule is CN(Cc1ccc(OC(F)(F)F)cc1)CN1C(=O)C(=O)N(C)C1=O. The molecule has 4 amide bonds. The summed E-state index contributed by atoms with van der Waals surface area (Å²) < 4.78 is 40.0. The van der Waals surface area contributed by atoms with Crippen molar-refractivity contribution in [2.24, 2.45) is 0 Å². The van der Waals surface area contributed by atoms with E-state index in [-0.39, 0.29) is 19.0 Å². The van der Waals surface area contributed by atoms with Gasteiger partial charge in [0, 0.05) is 13.6 Å². The smallest absolute Gasteiger partial charge is 0.406 e. The number of amides is 4. The van der Waals surface area contributed by atoms with Crippen LogP contribution in [-0.2, 0) is 16.1 Å². The van der Waals surface area contributed by atoms with E-state index in [2.05, 4.69) is 4.74 Å². The lowest BCUT2D eigenvalue weighted by Gasteiger charge is -2.22. The summed E-state index contributed by atoms with van der Waals surface area (Å²) in [5, 5.41) is 0. The van der Waals surface area contributed by atoms with Gasteiger partial charge in [-0.3, -0.25) is 19.4 Å². The summed E-state index contributed by atoms with van der Waals surface area (Å²) in [6, 6.07) is 4.48. The molecule has 130 valence electrons. The van der Waals surface area contributed by atoms with Crippen LogP contribution >= 0.6 is 0 Å². The topological polar surface area (TPSA) is 70.2 Å². The fourth-order valence-corrected chi connectivity index (χ4v) is 2.14. The van der Waals surface area contributed by atoms with Crippen LogP contribution in [0.1, 0.15) is 5.56 Å². The number of hydrogen-bond donors (Lipinski definition) is 0. The molecule has 0 bridgehead atoms. The van der Waals surface area contributed by atoms with Gasteiger partial charge in [0.2, 0.25) is 0 Å². The molecule has 2 rings (SSSR count). The number of imide groups is 2. The molecule has 1 aliphatic rings. The minimum absolute atomic E-state index is 0.117. The van der Waals surface area contributed by atoms with E-state index in [1.54, 1.807) is 11.9 Å². The Labute approximate surface area is 135 Å². The summed E-state index contributed by atoms with van der Waals surface area (Å²) in [5.41, 5.74) is 0.644. The largest absolute Gasteiger partial charge is 0.573 e. The molecular formula is C14H14F3N3O4. The minimum atomic E-state index is -4.76. The van der Waals surface area contributed by atoms with E-state index in [9.17, 15) is 27.6 Å². The number of ether oxygens (including phenoxy) is 1. The summed E-state index contributed by atoms with van der Waals surface area (Å²) in [4.78, 5) is 37.9. The van der Waals surface area contributed by atoms with Gasteiger partial charge in [0.05, 0.1) is 6.67 Å². The third-order valence-corrected chi connectivity index (χ3v) is 3.24. The zero-order chi connectivity index (χ0) is 18.1. The van der Waals surface area contributed by atoms with Crippen molar-refractivity contribution >= 4 is 17.8 Å². The van der Waals surface area contributed by atoms with Gasteiger partial charge in [-0.05, 0) is 24.7 Å². The molecule has 1 aliphatic heterocycles. The molecule has 0 N–H and O–H groups in total. The molecule has 10 heteroatoms. The van der Waals surface area contributed by atoms with Crippen molar-refractivity contribution in [3.63, 3.8) is 0 Å².